The zero-order valence-corrected chi connectivity index (χ0v) is 16.7. The summed E-state index contributed by atoms with van der Waals surface area (Å²) in [5.74, 6) is -2.72. The quantitative estimate of drug-likeness (QED) is 0.260. The molecule has 0 amide bonds. The Labute approximate surface area is 169 Å². The number of rotatable bonds is 11. The van der Waals surface area contributed by atoms with Crippen molar-refractivity contribution in [1.29, 1.82) is 0 Å². The normalized spacial score (nSPS) is 14.9. The van der Waals surface area contributed by atoms with E-state index in [9.17, 15) is 19.2 Å². The number of nitrogens with zero attached hydrogens (tertiary/aromatic N) is 1. The van der Waals surface area contributed by atoms with Gasteiger partial charge in [0, 0.05) is 37.4 Å². The number of hydrogen-bond donors (Lipinski definition) is 0. The van der Waals surface area contributed by atoms with Gasteiger partial charge in [0.2, 0.25) is 0 Å². The van der Waals surface area contributed by atoms with Crippen LogP contribution in [0.15, 0.2) is 24.3 Å². The van der Waals surface area contributed by atoms with E-state index in [1.807, 2.05) is 4.90 Å². The minimum Gasteiger partial charge on any atom is -0.463 e. The lowest BCUT2D eigenvalue weighted by Gasteiger charge is -2.33. The van der Waals surface area contributed by atoms with Crippen molar-refractivity contribution < 1.29 is 42.9 Å². The number of ether oxygens (including phenoxy) is 5. The number of esters is 4. The highest BCUT2D eigenvalue weighted by molar-refractivity contribution is 5.92. The van der Waals surface area contributed by atoms with E-state index in [0.29, 0.717) is 26.3 Å². The van der Waals surface area contributed by atoms with Crippen molar-refractivity contribution in [2.24, 2.45) is 0 Å². The van der Waals surface area contributed by atoms with Gasteiger partial charge >= 0.3 is 23.9 Å². The molecular formula is C19H27NO9. The van der Waals surface area contributed by atoms with Gasteiger partial charge in [0.1, 0.15) is 13.2 Å². The van der Waals surface area contributed by atoms with Crippen LogP contribution in [0.25, 0.3) is 0 Å². The molecule has 1 saturated heterocycles. The summed E-state index contributed by atoms with van der Waals surface area (Å²) < 4.78 is 25.0. The summed E-state index contributed by atoms with van der Waals surface area (Å²) >= 11 is 0. The third-order valence-electron chi connectivity index (χ3n) is 3.68. The molecular weight excluding hydrogens is 386 g/mol. The van der Waals surface area contributed by atoms with Crippen LogP contribution in [0, 0.1) is 0 Å². The van der Waals surface area contributed by atoms with Crippen molar-refractivity contribution in [3.8, 4) is 0 Å². The van der Waals surface area contributed by atoms with Gasteiger partial charge in [-0.25, -0.2) is 19.2 Å². The predicted octanol–water partition coefficient (Wildman–Crippen LogP) is 0.0122. The average Bonchev–Trinajstić information content (AvgIpc) is 2.72. The molecule has 0 N–H and O–H groups in total. The maximum atomic E-state index is 11.8. The maximum Gasteiger partial charge on any atom is 0.331 e. The van der Waals surface area contributed by atoms with Crippen LogP contribution in [0.2, 0.25) is 0 Å². The molecule has 0 saturated carbocycles. The zero-order valence-electron chi connectivity index (χ0n) is 16.7. The molecule has 1 aliphatic heterocycles. The Balaban J connectivity index is 2.55. The molecule has 10 heteroatoms. The topological polar surface area (TPSA) is 118 Å². The first-order valence-corrected chi connectivity index (χ1v) is 9.31. The van der Waals surface area contributed by atoms with E-state index >= 15 is 0 Å². The number of morpholine rings is 1. The number of carbonyl (C=O) groups is 4. The molecule has 0 bridgehead atoms. The summed E-state index contributed by atoms with van der Waals surface area (Å²) in [6.45, 7) is 5.77. The van der Waals surface area contributed by atoms with E-state index in [4.69, 9.17) is 14.2 Å². The Kier molecular flexibility index (Phi) is 12.0. The van der Waals surface area contributed by atoms with Crippen LogP contribution in [-0.2, 0) is 42.9 Å². The Morgan fingerprint density at radius 2 is 1.14 bits per heavy atom. The fourth-order valence-corrected chi connectivity index (χ4v) is 2.31. The zero-order chi connectivity index (χ0) is 21.5. The molecule has 1 fully saturated rings. The van der Waals surface area contributed by atoms with Gasteiger partial charge in [-0.3, -0.25) is 4.90 Å². The predicted molar refractivity (Wildman–Crippen MR) is 99.6 cm³/mol. The second-order valence-electron chi connectivity index (χ2n) is 5.73. The van der Waals surface area contributed by atoms with Crippen molar-refractivity contribution in [1.82, 2.24) is 4.90 Å². The fraction of sp³-hybridized carbons (Fsp3) is 0.579. The third-order valence-corrected chi connectivity index (χ3v) is 3.68. The molecule has 29 heavy (non-hydrogen) atoms. The van der Waals surface area contributed by atoms with Crippen molar-refractivity contribution in [2.75, 3.05) is 52.7 Å². The van der Waals surface area contributed by atoms with E-state index < -0.39 is 29.9 Å². The molecule has 0 unspecified atom stereocenters. The molecule has 0 atom stereocenters. The molecule has 10 nitrogen and oxygen atoms in total. The van der Waals surface area contributed by atoms with Crippen molar-refractivity contribution in [3.05, 3.63) is 24.3 Å². The van der Waals surface area contributed by atoms with Gasteiger partial charge in [-0.1, -0.05) is 0 Å². The highest BCUT2D eigenvalue weighted by Gasteiger charge is 2.23. The van der Waals surface area contributed by atoms with Crippen LogP contribution in [0.4, 0.5) is 0 Å². The summed E-state index contributed by atoms with van der Waals surface area (Å²) in [6, 6.07) is -0.404. The van der Waals surface area contributed by atoms with Crippen LogP contribution in [-0.4, -0.2) is 87.5 Å². The fourth-order valence-electron chi connectivity index (χ4n) is 2.31. The van der Waals surface area contributed by atoms with Gasteiger partial charge in [0.25, 0.3) is 0 Å². The summed E-state index contributed by atoms with van der Waals surface area (Å²) in [4.78, 5) is 48.0. The van der Waals surface area contributed by atoms with E-state index in [0.717, 1.165) is 24.3 Å². The molecule has 0 aromatic carbocycles. The summed E-state index contributed by atoms with van der Waals surface area (Å²) in [6.07, 6.45) is 3.91. The van der Waals surface area contributed by atoms with Gasteiger partial charge in [0.05, 0.1) is 32.5 Å². The van der Waals surface area contributed by atoms with Crippen LogP contribution in [0.1, 0.15) is 13.8 Å². The van der Waals surface area contributed by atoms with Crippen molar-refractivity contribution in [3.63, 3.8) is 0 Å². The minimum atomic E-state index is -0.718. The van der Waals surface area contributed by atoms with E-state index in [-0.39, 0.29) is 26.4 Å². The maximum absolute atomic E-state index is 11.8. The van der Waals surface area contributed by atoms with Crippen molar-refractivity contribution >= 4 is 23.9 Å². The first kappa shape index (κ1) is 24.3. The monoisotopic (exact) mass is 413 g/mol. The van der Waals surface area contributed by atoms with Crippen molar-refractivity contribution in [2.45, 2.75) is 19.9 Å². The Morgan fingerprint density at radius 1 is 0.759 bits per heavy atom. The number of carbonyl (C=O) groups excluding carboxylic acids is 4. The Hall–Kier alpha value is -2.72. The van der Waals surface area contributed by atoms with Gasteiger partial charge in [-0.2, -0.15) is 0 Å². The molecule has 0 aromatic rings. The first-order chi connectivity index (χ1) is 14.0. The van der Waals surface area contributed by atoms with Gasteiger partial charge < -0.3 is 23.7 Å². The first-order valence-electron chi connectivity index (χ1n) is 9.31. The molecule has 0 radical (unpaired) electrons. The summed E-state index contributed by atoms with van der Waals surface area (Å²) in [7, 11) is 0. The molecule has 162 valence electrons. The Morgan fingerprint density at radius 3 is 1.52 bits per heavy atom. The molecule has 0 aliphatic carbocycles. The largest absolute Gasteiger partial charge is 0.463 e. The lowest BCUT2D eigenvalue weighted by Crippen LogP contribution is -2.48. The standard InChI is InChI=1S/C19H27NO9/c1-3-26-16(21)5-7-18(23)28-13-15(20-9-11-25-12-10-20)14-29-19(24)8-6-17(22)27-4-2/h5-8,15H,3-4,9-14H2,1-2H3/b7-5+,8-6+. The highest BCUT2D eigenvalue weighted by atomic mass is 16.6. The highest BCUT2D eigenvalue weighted by Crippen LogP contribution is 2.07. The summed E-state index contributed by atoms with van der Waals surface area (Å²) in [5, 5.41) is 0. The lowest BCUT2D eigenvalue weighted by atomic mass is 10.2. The number of hydrogen-bond acceptors (Lipinski definition) is 10. The van der Waals surface area contributed by atoms with Crippen LogP contribution in [0.5, 0.6) is 0 Å². The average molecular weight is 413 g/mol. The molecule has 1 heterocycles. The van der Waals surface area contributed by atoms with Gasteiger partial charge in [-0.05, 0) is 13.8 Å². The van der Waals surface area contributed by atoms with E-state index in [2.05, 4.69) is 9.47 Å². The van der Waals surface area contributed by atoms with Gasteiger partial charge in [0.15, 0.2) is 0 Å². The minimum absolute atomic E-state index is 0.0547. The van der Waals surface area contributed by atoms with Crippen LogP contribution < -0.4 is 0 Å². The van der Waals surface area contributed by atoms with Crippen LogP contribution >= 0.6 is 0 Å². The van der Waals surface area contributed by atoms with Gasteiger partial charge in [-0.15, -0.1) is 0 Å². The smallest absolute Gasteiger partial charge is 0.331 e. The molecule has 0 spiro atoms. The molecule has 1 rings (SSSR count). The second kappa shape index (κ2) is 14.3. The third kappa shape index (κ3) is 11.0. The second-order valence-corrected chi connectivity index (χ2v) is 5.73. The van der Waals surface area contributed by atoms with Crippen LogP contribution in [0.3, 0.4) is 0 Å². The molecule has 1 aliphatic rings. The SMILES string of the molecule is CCOC(=O)/C=C/C(=O)OCC(COC(=O)/C=C/C(=O)OCC)N1CCOCC1. The summed E-state index contributed by atoms with van der Waals surface area (Å²) in [5.41, 5.74) is 0. The van der Waals surface area contributed by atoms with E-state index in [1.54, 1.807) is 13.8 Å². The molecule has 0 aromatic heterocycles. The Bertz CT molecular complexity index is 565. The lowest BCUT2D eigenvalue weighted by molar-refractivity contribution is -0.146. The van der Waals surface area contributed by atoms with E-state index in [1.165, 1.54) is 0 Å².